The third-order valence-electron chi connectivity index (χ3n) is 4.02. The van der Waals surface area contributed by atoms with Gasteiger partial charge in [-0.3, -0.25) is 4.79 Å². The summed E-state index contributed by atoms with van der Waals surface area (Å²) in [5.41, 5.74) is -0.0313. The molecule has 0 aromatic carbocycles. The van der Waals surface area contributed by atoms with E-state index >= 15 is 0 Å². The minimum Gasteiger partial charge on any atom is -0.316 e. The van der Waals surface area contributed by atoms with Gasteiger partial charge in [-0.15, -0.1) is 0 Å². The Morgan fingerprint density at radius 1 is 1.44 bits per heavy atom. The van der Waals surface area contributed by atoms with Crippen LogP contribution in [0.4, 0.5) is 0 Å². The van der Waals surface area contributed by atoms with Crippen LogP contribution < -0.4 is 5.32 Å². The molecule has 0 amide bonds. The van der Waals surface area contributed by atoms with Crippen LogP contribution in [0.25, 0.3) is 0 Å². The Bertz CT molecular complexity index is 213. The van der Waals surface area contributed by atoms with Gasteiger partial charge in [-0.1, -0.05) is 33.6 Å². The Kier molecular flexibility index (Phi) is 5.47. The summed E-state index contributed by atoms with van der Waals surface area (Å²) in [6.07, 6.45) is 6.33. The van der Waals surface area contributed by atoms with E-state index in [1.54, 1.807) is 0 Å². The molecule has 1 aliphatic heterocycles. The molecule has 1 fully saturated rings. The summed E-state index contributed by atoms with van der Waals surface area (Å²) in [5.74, 6) is 1.05. The fourth-order valence-electron chi connectivity index (χ4n) is 2.71. The highest BCUT2D eigenvalue weighted by molar-refractivity contribution is 5.85. The van der Waals surface area contributed by atoms with Crippen molar-refractivity contribution in [3.8, 4) is 0 Å². The third kappa shape index (κ3) is 3.31. The Morgan fingerprint density at radius 2 is 2.19 bits per heavy atom. The molecule has 0 radical (unpaired) electrons. The Hall–Kier alpha value is -0.370. The normalized spacial score (nSPS) is 27.7. The number of ketones is 1. The minimum atomic E-state index is -0.0313. The van der Waals surface area contributed by atoms with Gasteiger partial charge in [0.1, 0.15) is 5.78 Å². The molecule has 0 aromatic heterocycles. The van der Waals surface area contributed by atoms with E-state index in [0.29, 0.717) is 11.7 Å². The summed E-state index contributed by atoms with van der Waals surface area (Å²) in [5, 5.41) is 3.41. The second kappa shape index (κ2) is 6.39. The molecule has 2 heteroatoms. The summed E-state index contributed by atoms with van der Waals surface area (Å²) in [7, 11) is 0. The van der Waals surface area contributed by atoms with Crippen molar-refractivity contribution in [2.75, 3.05) is 13.1 Å². The summed E-state index contributed by atoms with van der Waals surface area (Å²) in [4.78, 5) is 12.4. The summed E-state index contributed by atoms with van der Waals surface area (Å²) >= 11 is 0. The molecule has 1 rings (SSSR count). The fraction of sp³-hybridized carbons (Fsp3) is 0.929. The zero-order valence-corrected chi connectivity index (χ0v) is 11.1. The average Bonchev–Trinajstić information content (AvgIpc) is 2.30. The molecule has 2 atom stereocenters. The number of piperidine rings is 1. The van der Waals surface area contributed by atoms with Crippen LogP contribution in [-0.4, -0.2) is 18.9 Å². The Labute approximate surface area is 100 Å². The van der Waals surface area contributed by atoms with Crippen LogP contribution in [-0.2, 0) is 4.79 Å². The molecule has 1 heterocycles. The first kappa shape index (κ1) is 13.7. The van der Waals surface area contributed by atoms with E-state index in [1.165, 1.54) is 0 Å². The van der Waals surface area contributed by atoms with Crippen molar-refractivity contribution in [1.82, 2.24) is 5.32 Å². The molecule has 0 aromatic rings. The van der Waals surface area contributed by atoms with Gasteiger partial charge in [0.25, 0.3) is 0 Å². The van der Waals surface area contributed by atoms with Gasteiger partial charge in [0.05, 0.1) is 0 Å². The highest BCUT2D eigenvalue weighted by Gasteiger charge is 2.38. The molecule has 94 valence electrons. The van der Waals surface area contributed by atoms with Gasteiger partial charge < -0.3 is 5.32 Å². The lowest BCUT2D eigenvalue weighted by molar-refractivity contribution is -0.131. The molecule has 16 heavy (non-hydrogen) atoms. The number of Topliss-reactive ketones (excluding diaryl/α,β-unsaturated/α-hetero) is 1. The molecule has 0 aliphatic carbocycles. The lowest BCUT2D eigenvalue weighted by atomic mass is 9.71. The maximum atomic E-state index is 12.4. The predicted octanol–water partition coefficient (Wildman–Crippen LogP) is 3.16. The first-order chi connectivity index (χ1) is 7.64. The third-order valence-corrected chi connectivity index (χ3v) is 4.02. The number of rotatable bonds is 6. The molecule has 1 N–H and O–H groups in total. The summed E-state index contributed by atoms with van der Waals surface area (Å²) < 4.78 is 0. The molecule has 1 saturated heterocycles. The summed E-state index contributed by atoms with van der Waals surface area (Å²) in [6, 6.07) is 0. The van der Waals surface area contributed by atoms with Gasteiger partial charge in [-0.05, 0) is 31.7 Å². The van der Waals surface area contributed by atoms with Gasteiger partial charge >= 0.3 is 0 Å². The van der Waals surface area contributed by atoms with Crippen LogP contribution in [0.15, 0.2) is 0 Å². The van der Waals surface area contributed by atoms with Crippen LogP contribution in [0.2, 0.25) is 0 Å². The van der Waals surface area contributed by atoms with E-state index in [4.69, 9.17) is 0 Å². The van der Waals surface area contributed by atoms with Gasteiger partial charge in [0.2, 0.25) is 0 Å². The van der Waals surface area contributed by atoms with E-state index in [1.807, 2.05) is 0 Å². The predicted molar refractivity (Wildman–Crippen MR) is 68.5 cm³/mol. The second-order valence-electron chi connectivity index (χ2n) is 5.45. The number of nitrogens with one attached hydrogen (secondary N) is 1. The highest BCUT2D eigenvalue weighted by atomic mass is 16.1. The highest BCUT2D eigenvalue weighted by Crippen LogP contribution is 2.34. The van der Waals surface area contributed by atoms with Crippen molar-refractivity contribution in [1.29, 1.82) is 0 Å². The van der Waals surface area contributed by atoms with E-state index in [9.17, 15) is 4.79 Å². The van der Waals surface area contributed by atoms with Crippen molar-refractivity contribution >= 4 is 5.78 Å². The molecule has 0 spiro atoms. The second-order valence-corrected chi connectivity index (χ2v) is 5.45. The fourth-order valence-corrected chi connectivity index (χ4v) is 2.71. The summed E-state index contributed by atoms with van der Waals surface area (Å²) in [6.45, 7) is 8.54. The number of carbonyl (C=O) groups excluding carboxylic acids is 1. The first-order valence-electron chi connectivity index (χ1n) is 6.88. The lowest BCUT2D eigenvalue weighted by Crippen LogP contribution is -2.45. The largest absolute Gasteiger partial charge is 0.316 e. The zero-order chi connectivity index (χ0) is 12.0. The Balaban J connectivity index is 2.64. The smallest absolute Gasteiger partial charge is 0.140 e. The SMILES string of the molecule is CCCC1(C(=O)CC(C)CC)CCCNC1. The van der Waals surface area contributed by atoms with Gasteiger partial charge in [-0.25, -0.2) is 0 Å². The van der Waals surface area contributed by atoms with Crippen LogP contribution in [0.3, 0.4) is 0 Å². The monoisotopic (exact) mass is 225 g/mol. The lowest BCUT2D eigenvalue weighted by Gasteiger charge is -2.37. The zero-order valence-electron chi connectivity index (χ0n) is 11.1. The van der Waals surface area contributed by atoms with Crippen molar-refractivity contribution in [3.05, 3.63) is 0 Å². The molecular weight excluding hydrogens is 198 g/mol. The maximum Gasteiger partial charge on any atom is 0.140 e. The Morgan fingerprint density at radius 3 is 2.69 bits per heavy atom. The minimum absolute atomic E-state index is 0.0313. The van der Waals surface area contributed by atoms with Gasteiger partial charge in [-0.2, -0.15) is 0 Å². The van der Waals surface area contributed by atoms with E-state index < -0.39 is 0 Å². The average molecular weight is 225 g/mol. The number of carbonyl (C=O) groups is 1. The van der Waals surface area contributed by atoms with Crippen molar-refractivity contribution in [2.24, 2.45) is 11.3 Å². The van der Waals surface area contributed by atoms with Crippen LogP contribution in [0, 0.1) is 11.3 Å². The quantitative estimate of drug-likeness (QED) is 0.752. The van der Waals surface area contributed by atoms with E-state index in [2.05, 4.69) is 26.1 Å². The molecule has 0 saturated carbocycles. The van der Waals surface area contributed by atoms with Crippen LogP contribution in [0.5, 0.6) is 0 Å². The number of hydrogen-bond donors (Lipinski definition) is 1. The van der Waals surface area contributed by atoms with E-state index in [0.717, 1.165) is 51.6 Å². The topological polar surface area (TPSA) is 29.1 Å². The maximum absolute atomic E-state index is 12.4. The molecule has 0 bridgehead atoms. The molecule has 2 unspecified atom stereocenters. The molecular formula is C14H27NO. The van der Waals surface area contributed by atoms with Crippen LogP contribution >= 0.6 is 0 Å². The van der Waals surface area contributed by atoms with Crippen LogP contribution in [0.1, 0.15) is 59.3 Å². The van der Waals surface area contributed by atoms with Gasteiger partial charge in [0, 0.05) is 18.4 Å². The van der Waals surface area contributed by atoms with E-state index in [-0.39, 0.29) is 5.41 Å². The number of hydrogen-bond acceptors (Lipinski definition) is 2. The molecule has 2 nitrogen and oxygen atoms in total. The van der Waals surface area contributed by atoms with Crippen molar-refractivity contribution < 1.29 is 4.79 Å². The first-order valence-corrected chi connectivity index (χ1v) is 6.88. The van der Waals surface area contributed by atoms with Crippen molar-refractivity contribution in [2.45, 2.75) is 59.3 Å². The standard InChI is InChI=1S/C14H27NO/c1-4-7-14(8-6-9-15-11-14)13(16)10-12(3)5-2/h12,15H,4-11H2,1-3H3. The van der Waals surface area contributed by atoms with Gasteiger partial charge in [0.15, 0.2) is 0 Å². The van der Waals surface area contributed by atoms with Crippen molar-refractivity contribution in [3.63, 3.8) is 0 Å². The molecule has 1 aliphatic rings.